The number of aliphatic hydroxyl groups excluding tert-OH is 1. The fraction of sp³-hybridized carbons (Fsp3) is 0.867. The van der Waals surface area contributed by atoms with Crippen LogP contribution in [0.25, 0.3) is 0 Å². The largest absolute Gasteiger partial charge is 0.466 e. The second-order valence-electron chi connectivity index (χ2n) is 6.40. The molecule has 0 unspecified atom stereocenters. The minimum absolute atomic E-state index is 0.168. The van der Waals surface area contributed by atoms with E-state index in [-0.39, 0.29) is 17.9 Å². The van der Waals surface area contributed by atoms with E-state index < -0.39 is 16.9 Å². The molecule has 0 amide bonds. The molecule has 1 saturated heterocycles. The number of fused-ring (bicyclic) bond motifs is 1. The van der Waals surface area contributed by atoms with Gasteiger partial charge in [-0.25, -0.2) is 0 Å². The molecule has 0 aromatic heterocycles. The number of piperidine rings is 1. The van der Waals surface area contributed by atoms with Gasteiger partial charge in [0.2, 0.25) is 0 Å². The number of carbonyl (C=O) groups excluding carboxylic acids is 1. The van der Waals surface area contributed by atoms with Crippen LogP contribution in [0.2, 0.25) is 0 Å². The summed E-state index contributed by atoms with van der Waals surface area (Å²) < 4.78 is 5.28. The summed E-state index contributed by atoms with van der Waals surface area (Å²) in [6.45, 7) is 6.50. The number of nitriles is 1. The molecule has 2 fully saturated rings. The molecule has 1 aliphatic carbocycles. The predicted molar refractivity (Wildman–Crippen MR) is 73.6 cm³/mol. The number of esters is 1. The Balaban J connectivity index is 2.42. The summed E-state index contributed by atoms with van der Waals surface area (Å²) in [6.07, 6.45) is 1.08. The van der Waals surface area contributed by atoms with Gasteiger partial charge in [-0.1, -0.05) is 0 Å². The van der Waals surface area contributed by atoms with Gasteiger partial charge in [-0.05, 0) is 46.0 Å². The predicted octanol–water partition coefficient (Wildman–Crippen LogP) is 1.22. The highest BCUT2D eigenvalue weighted by atomic mass is 16.5. The zero-order valence-electron chi connectivity index (χ0n) is 12.5. The topological polar surface area (TPSA) is 82.3 Å². The Labute approximate surface area is 120 Å². The summed E-state index contributed by atoms with van der Waals surface area (Å²) in [6, 6.07) is 2.52. The Morgan fingerprint density at radius 1 is 1.60 bits per heavy atom. The van der Waals surface area contributed by atoms with E-state index >= 15 is 0 Å². The van der Waals surface area contributed by atoms with Gasteiger partial charge in [-0.15, -0.1) is 0 Å². The summed E-state index contributed by atoms with van der Waals surface area (Å²) in [7, 11) is 0. The third-order valence-corrected chi connectivity index (χ3v) is 5.23. The molecule has 2 rings (SSSR count). The van der Waals surface area contributed by atoms with Crippen LogP contribution in [-0.4, -0.2) is 36.4 Å². The lowest BCUT2D eigenvalue weighted by molar-refractivity contribution is -0.176. The van der Waals surface area contributed by atoms with Gasteiger partial charge in [0.05, 0.1) is 29.6 Å². The number of nitrogens with zero attached hydrogens (tertiary/aromatic N) is 1. The van der Waals surface area contributed by atoms with Gasteiger partial charge in [-0.3, -0.25) is 4.79 Å². The molecule has 0 aromatic carbocycles. The van der Waals surface area contributed by atoms with Crippen molar-refractivity contribution in [3.8, 4) is 6.07 Å². The molecule has 20 heavy (non-hydrogen) atoms. The molecular formula is C15H24N2O3. The highest BCUT2D eigenvalue weighted by molar-refractivity contribution is 5.78. The zero-order chi connectivity index (χ0) is 15.0. The Morgan fingerprint density at radius 3 is 2.90 bits per heavy atom. The molecule has 1 aliphatic heterocycles. The van der Waals surface area contributed by atoms with Gasteiger partial charge < -0.3 is 15.2 Å². The van der Waals surface area contributed by atoms with Crippen molar-refractivity contribution in [3.63, 3.8) is 0 Å². The molecule has 5 atom stereocenters. The molecular weight excluding hydrogens is 256 g/mol. The van der Waals surface area contributed by atoms with Gasteiger partial charge in [0.1, 0.15) is 0 Å². The van der Waals surface area contributed by atoms with E-state index in [1.807, 2.05) is 6.92 Å². The second-order valence-corrected chi connectivity index (χ2v) is 6.40. The zero-order valence-corrected chi connectivity index (χ0v) is 12.5. The number of ether oxygens (including phenoxy) is 1. The summed E-state index contributed by atoms with van der Waals surface area (Å²) in [4.78, 5) is 12.5. The van der Waals surface area contributed by atoms with Crippen molar-refractivity contribution >= 4 is 5.97 Å². The van der Waals surface area contributed by atoms with Crippen LogP contribution in [0.15, 0.2) is 0 Å². The molecule has 0 spiro atoms. The first-order valence-corrected chi connectivity index (χ1v) is 7.40. The fourth-order valence-corrected chi connectivity index (χ4v) is 3.89. The quantitative estimate of drug-likeness (QED) is 0.743. The number of nitrogens with one attached hydrogen (secondary N) is 1. The summed E-state index contributed by atoms with van der Waals surface area (Å²) >= 11 is 0. The van der Waals surface area contributed by atoms with Crippen LogP contribution in [0, 0.1) is 28.1 Å². The summed E-state index contributed by atoms with van der Waals surface area (Å²) in [5, 5.41) is 23.2. The van der Waals surface area contributed by atoms with Crippen molar-refractivity contribution in [2.75, 3.05) is 13.2 Å². The monoisotopic (exact) mass is 280 g/mol. The van der Waals surface area contributed by atoms with E-state index in [9.17, 15) is 15.2 Å². The van der Waals surface area contributed by atoms with Gasteiger partial charge in [0, 0.05) is 12.6 Å². The molecule has 2 N–H and O–H groups in total. The fourth-order valence-electron chi connectivity index (χ4n) is 3.89. The molecule has 0 radical (unpaired) electrons. The molecule has 2 aliphatic rings. The van der Waals surface area contributed by atoms with Crippen molar-refractivity contribution in [1.29, 1.82) is 5.26 Å². The van der Waals surface area contributed by atoms with Crippen LogP contribution >= 0.6 is 0 Å². The maximum atomic E-state index is 12.5. The van der Waals surface area contributed by atoms with Crippen molar-refractivity contribution in [2.45, 2.75) is 52.2 Å². The molecule has 5 nitrogen and oxygen atoms in total. The summed E-state index contributed by atoms with van der Waals surface area (Å²) in [5.41, 5.74) is -1.56. The van der Waals surface area contributed by atoms with Crippen molar-refractivity contribution in [1.82, 2.24) is 5.32 Å². The number of rotatable bonds is 2. The first-order chi connectivity index (χ1) is 9.40. The van der Waals surface area contributed by atoms with Crippen LogP contribution in [0.5, 0.6) is 0 Å². The number of hydrogen-bond acceptors (Lipinski definition) is 5. The van der Waals surface area contributed by atoms with E-state index in [1.54, 1.807) is 13.8 Å². The molecule has 1 saturated carbocycles. The number of hydrogen-bond donors (Lipinski definition) is 2. The van der Waals surface area contributed by atoms with E-state index in [1.165, 1.54) is 0 Å². The Bertz CT molecular complexity index is 429. The van der Waals surface area contributed by atoms with Gasteiger partial charge in [-0.2, -0.15) is 5.26 Å². The van der Waals surface area contributed by atoms with Crippen LogP contribution in [0.4, 0.5) is 0 Å². The standard InChI is InChI=1S/C15H24N2O3/c1-4-20-13(19)15-6-5-12(18)14(3,8-16)11(15)7-10(2)17-9-15/h10-12,17-18H,4-7,9H2,1-3H3/t10-,11-,12-,14+,15-/m1/s1. The maximum absolute atomic E-state index is 12.5. The third-order valence-electron chi connectivity index (χ3n) is 5.23. The lowest BCUT2D eigenvalue weighted by atomic mass is 9.51. The number of aliphatic hydroxyl groups is 1. The first-order valence-electron chi connectivity index (χ1n) is 7.40. The third kappa shape index (κ3) is 2.11. The molecule has 0 aromatic rings. The highest BCUT2D eigenvalue weighted by Gasteiger charge is 2.61. The second kappa shape index (κ2) is 5.34. The van der Waals surface area contributed by atoms with E-state index in [0.29, 0.717) is 32.4 Å². The maximum Gasteiger partial charge on any atom is 0.313 e. The minimum Gasteiger partial charge on any atom is -0.466 e. The first kappa shape index (κ1) is 15.3. The summed E-state index contributed by atoms with van der Waals surface area (Å²) in [5.74, 6) is -0.392. The van der Waals surface area contributed by atoms with Crippen molar-refractivity contribution < 1.29 is 14.6 Å². The van der Waals surface area contributed by atoms with E-state index in [2.05, 4.69) is 11.4 Å². The SMILES string of the molecule is CCOC(=O)[C@@]12CC[C@@H](O)[C@@](C)(C#N)[C@H]1C[C@@H](C)NC2. The van der Waals surface area contributed by atoms with Gasteiger partial charge >= 0.3 is 5.97 Å². The van der Waals surface area contributed by atoms with Crippen LogP contribution in [0.1, 0.15) is 40.0 Å². The number of carbonyl (C=O) groups is 1. The lowest BCUT2D eigenvalue weighted by Gasteiger charge is -2.54. The molecule has 112 valence electrons. The Hall–Kier alpha value is -1.12. The van der Waals surface area contributed by atoms with Gasteiger partial charge in [0.15, 0.2) is 0 Å². The Morgan fingerprint density at radius 2 is 2.30 bits per heavy atom. The van der Waals surface area contributed by atoms with E-state index in [4.69, 9.17) is 4.74 Å². The average molecular weight is 280 g/mol. The highest BCUT2D eigenvalue weighted by Crippen LogP contribution is 2.55. The molecule has 5 heteroatoms. The van der Waals surface area contributed by atoms with Crippen LogP contribution in [-0.2, 0) is 9.53 Å². The van der Waals surface area contributed by atoms with E-state index in [0.717, 1.165) is 0 Å². The van der Waals surface area contributed by atoms with Gasteiger partial charge in [0.25, 0.3) is 0 Å². The normalized spacial score (nSPS) is 44.2. The minimum atomic E-state index is -0.888. The average Bonchev–Trinajstić information content (AvgIpc) is 2.44. The van der Waals surface area contributed by atoms with Crippen LogP contribution < -0.4 is 5.32 Å². The Kier molecular flexibility index (Phi) is 4.08. The smallest absolute Gasteiger partial charge is 0.313 e. The molecule has 1 heterocycles. The van der Waals surface area contributed by atoms with Crippen molar-refractivity contribution in [2.24, 2.45) is 16.7 Å². The van der Waals surface area contributed by atoms with Crippen molar-refractivity contribution in [3.05, 3.63) is 0 Å². The molecule has 0 bridgehead atoms. The lowest BCUT2D eigenvalue weighted by Crippen LogP contribution is -2.63. The van der Waals surface area contributed by atoms with Crippen LogP contribution in [0.3, 0.4) is 0 Å².